The second kappa shape index (κ2) is 16.4. The molecule has 0 spiro atoms. The van der Waals surface area contributed by atoms with Crippen LogP contribution in [0.3, 0.4) is 0 Å². The van der Waals surface area contributed by atoms with Crippen LogP contribution in [-0.4, -0.2) is 103 Å². The van der Waals surface area contributed by atoms with Crippen LogP contribution in [0.15, 0.2) is 41.3 Å². The minimum absolute atomic E-state index is 0.0447. The molecular formula is C40H47N5O9. The predicted octanol–water partition coefficient (Wildman–Crippen LogP) is 2.85. The lowest BCUT2D eigenvalue weighted by molar-refractivity contribution is -0.136. The fraction of sp³-hybridized carbons (Fsp3) is 0.450. The Balaban J connectivity index is 1.02. The van der Waals surface area contributed by atoms with Crippen molar-refractivity contribution in [2.45, 2.75) is 64.1 Å². The molecule has 1 aromatic heterocycles. The van der Waals surface area contributed by atoms with Gasteiger partial charge in [0.05, 0.1) is 37.5 Å². The number of nitrogens with one attached hydrogen (secondary N) is 1. The molecule has 1 saturated heterocycles. The van der Waals surface area contributed by atoms with Crippen LogP contribution in [0, 0.1) is 0 Å². The Labute approximate surface area is 313 Å². The average molecular weight is 742 g/mol. The van der Waals surface area contributed by atoms with Crippen LogP contribution in [-0.2, 0) is 52.1 Å². The first kappa shape index (κ1) is 38.4. The summed E-state index contributed by atoms with van der Waals surface area (Å²) in [5, 5.41) is 2.21. The molecule has 1 unspecified atom stereocenters. The third kappa shape index (κ3) is 7.66. The summed E-state index contributed by atoms with van der Waals surface area (Å²) in [5.74, 6) is -0.763. The van der Waals surface area contributed by atoms with E-state index in [2.05, 4.69) is 5.32 Å². The molecule has 5 amide bonds. The van der Waals surface area contributed by atoms with Gasteiger partial charge in [-0.2, -0.15) is 0 Å². The second-order valence-electron chi connectivity index (χ2n) is 14.2. The Bertz CT molecular complexity index is 2030. The van der Waals surface area contributed by atoms with Gasteiger partial charge in [-0.15, -0.1) is 0 Å². The molecule has 3 aliphatic rings. The minimum Gasteiger partial charge on any atom is -0.496 e. The van der Waals surface area contributed by atoms with E-state index < -0.39 is 29.7 Å². The molecular weight excluding hydrogens is 694 g/mol. The number of pyridine rings is 1. The Morgan fingerprint density at radius 2 is 1.65 bits per heavy atom. The molecule has 0 radical (unpaired) electrons. The van der Waals surface area contributed by atoms with Gasteiger partial charge in [-0.3, -0.25) is 39.0 Å². The number of methoxy groups -OCH3 is 2. The highest BCUT2D eigenvalue weighted by Crippen LogP contribution is 2.38. The Kier molecular flexibility index (Phi) is 11.6. The number of benzene rings is 2. The number of hydrogen-bond acceptors (Lipinski definition) is 10. The van der Waals surface area contributed by atoms with Crippen LogP contribution < -0.4 is 20.3 Å². The van der Waals surface area contributed by atoms with Gasteiger partial charge < -0.3 is 28.6 Å². The predicted molar refractivity (Wildman–Crippen MR) is 198 cm³/mol. The zero-order chi connectivity index (χ0) is 38.7. The zero-order valence-corrected chi connectivity index (χ0v) is 31.5. The number of rotatable bonds is 14. The largest absolute Gasteiger partial charge is 0.496 e. The Morgan fingerprint density at radius 3 is 2.33 bits per heavy atom. The molecule has 0 aliphatic carbocycles. The number of aryl methyl sites for hydroxylation is 2. The van der Waals surface area contributed by atoms with Gasteiger partial charge in [-0.05, 0) is 81.1 Å². The van der Waals surface area contributed by atoms with Gasteiger partial charge in [0, 0.05) is 63.5 Å². The highest BCUT2D eigenvalue weighted by molar-refractivity contribution is 6.24. The van der Waals surface area contributed by atoms with E-state index in [1.807, 2.05) is 37.3 Å². The summed E-state index contributed by atoms with van der Waals surface area (Å²) in [6, 6.07) is 8.03. The number of amides is 5. The van der Waals surface area contributed by atoms with Crippen molar-refractivity contribution in [3.8, 4) is 22.6 Å². The molecule has 14 nitrogen and oxygen atoms in total. The molecule has 4 heterocycles. The molecule has 1 fully saturated rings. The quantitative estimate of drug-likeness (QED) is 0.193. The van der Waals surface area contributed by atoms with Crippen molar-refractivity contribution >= 4 is 29.5 Å². The molecule has 2 aromatic carbocycles. The molecule has 0 bridgehead atoms. The van der Waals surface area contributed by atoms with Crippen LogP contribution in [0.25, 0.3) is 11.1 Å². The van der Waals surface area contributed by atoms with Crippen molar-refractivity contribution in [2.24, 2.45) is 7.05 Å². The van der Waals surface area contributed by atoms with E-state index in [0.29, 0.717) is 80.2 Å². The highest BCUT2D eigenvalue weighted by Gasteiger charge is 2.45. The lowest BCUT2D eigenvalue weighted by Crippen LogP contribution is -2.54. The van der Waals surface area contributed by atoms with Gasteiger partial charge in [0.15, 0.2) is 0 Å². The van der Waals surface area contributed by atoms with E-state index in [4.69, 9.17) is 14.2 Å². The first-order valence-electron chi connectivity index (χ1n) is 18.2. The van der Waals surface area contributed by atoms with Crippen molar-refractivity contribution in [1.29, 1.82) is 0 Å². The van der Waals surface area contributed by atoms with Crippen LogP contribution in [0.5, 0.6) is 11.5 Å². The van der Waals surface area contributed by atoms with Crippen molar-refractivity contribution < 1.29 is 38.2 Å². The number of fused-ring (bicyclic) bond motifs is 2. The average Bonchev–Trinajstić information content (AvgIpc) is 3.41. The number of imide groups is 2. The molecule has 14 heteroatoms. The fourth-order valence-electron chi connectivity index (χ4n) is 7.62. The monoisotopic (exact) mass is 741 g/mol. The van der Waals surface area contributed by atoms with Gasteiger partial charge >= 0.3 is 0 Å². The van der Waals surface area contributed by atoms with Gasteiger partial charge in [0.2, 0.25) is 17.7 Å². The maximum atomic E-state index is 13.3. The summed E-state index contributed by atoms with van der Waals surface area (Å²) in [4.78, 5) is 81.8. The summed E-state index contributed by atoms with van der Waals surface area (Å²) in [7, 11) is 8.94. The van der Waals surface area contributed by atoms with Crippen molar-refractivity contribution in [1.82, 2.24) is 24.6 Å². The van der Waals surface area contributed by atoms with E-state index in [-0.39, 0.29) is 42.8 Å². The minimum atomic E-state index is -1.01. The van der Waals surface area contributed by atoms with Crippen LogP contribution in [0.2, 0.25) is 0 Å². The van der Waals surface area contributed by atoms with E-state index >= 15 is 0 Å². The number of aromatic nitrogens is 1. The van der Waals surface area contributed by atoms with Crippen LogP contribution in [0.4, 0.5) is 0 Å². The van der Waals surface area contributed by atoms with Gasteiger partial charge in [0.1, 0.15) is 17.5 Å². The third-order valence-corrected chi connectivity index (χ3v) is 10.3. The molecule has 286 valence electrons. The summed E-state index contributed by atoms with van der Waals surface area (Å²) in [6.45, 7) is 2.10. The van der Waals surface area contributed by atoms with E-state index in [9.17, 15) is 28.8 Å². The molecule has 54 heavy (non-hydrogen) atoms. The standard InChI is InChI=1S/C40H47N5O9/c1-42(2)21-30-32(52-4)19-25(20-33(30)53-5)28-22-43(3)38(49)29-23-44(16-15-26(28)29)35(47)12-8-18-54-17-7-10-24-9-6-11-27-36(24)40(51)45(39(27)50)31-13-14-34(46)41-37(31)48/h6,9,11,19-20,22,31H,7-8,10,12-18,21,23H2,1-5H3,(H,41,46,48). The number of piperidine rings is 1. The van der Waals surface area contributed by atoms with Crippen LogP contribution >= 0.6 is 0 Å². The van der Waals surface area contributed by atoms with Crippen molar-refractivity contribution in [3.05, 3.63) is 80.3 Å². The number of carbonyl (C=O) groups is 5. The lowest BCUT2D eigenvalue weighted by atomic mass is 9.91. The SMILES string of the molecule is COc1cc(-c2cn(C)c(=O)c3c2CCN(C(=O)CCCOCCCc2cccc4c2C(=O)N(C2CCC(=O)NC2=O)C4=O)C3)cc(OC)c1CN(C)C. The van der Waals surface area contributed by atoms with Crippen molar-refractivity contribution in [3.63, 3.8) is 0 Å². The lowest BCUT2D eigenvalue weighted by Gasteiger charge is -2.30. The maximum Gasteiger partial charge on any atom is 0.262 e. The van der Waals surface area contributed by atoms with Gasteiger partial charge in [-0.1, -0.05) is 12.1 Å². The van der Waals surface area contributed by atoms with E-state index in [1.54, 1.807) is 48.9 Å². The normalized spacial score (nSPS) is 16.8. The fourth-order valence-corrected chi connectivity index (χ4v) is 7.62. The highest BCUT2D eigenvalue weighted by atomic mass is 16.5. The number of ether oxygens (including phenoxy) is 3. The van der Waals surface area contributed by atoms with Gasteiger partial charge in [0.25, 0.3) is 17.4 Å². The van der Waals surface area contributed by atoms with Crippen molar-refractivity contribution in [2.75, 3.05) is 48.1 Å². The summed E-state index contributed by atoms with van der Waals surface area (Å²) in [5.41, 5.74) is 5.36. The molecule has 0 saturated carbocycles. The first-order chi connectivity index (χ1) is 25.9. The Morgan fingerprint density at radius 1 is 0.926 bits per heavy atom. The first-order valence-corrected chi connectivity index (χ1v) is 18.2. The molecule has 1 atom stereocenters. The topological polar surface area (TPSA) is 157 Å². The zero-order valence-electron chi connectivity index (χ0n) is 31.5. The van der Waals surface area contributed by atoms with Gasteiger partial charge in [-0.25, -0.2) is 0 Å². The smallest absolute Gasteiger partial charge is 0.262 e. The van der Waals surface area contributed by atoms with E-state index in [0.717, 1.165) is 27.2 Å². The molecule has 3 aliphatic heterocycles. The molecule has 1 N–H and O–H groups in total. The summed E-state index contributed by atoms with van der Waals surface area (Å²) in [6.07, 6.45) is 4.38. The maximum absolute atomic E-state index is 13.3. The van der Waals surface area contributed by atoms with E-state index in [1.165, 1.54) is 0 Å². The number of nitrogens with zero attached hydrogens (tertiary/aromatic N) is 4. The summed E-state index contributed by atoms with van der Waals surface area (Å²) >= 11 is 0. The molecule has 3 aromatic rings. The third-order valence-electron chi connectivity index (χ3n) is 10.3. The second-order valence-corrected chi connectivity index (χ2v) is 14.2. The number of carbonyl (C=O) groups excluding carboxylic acids is 5. The molecule has 6 rings (SSSR count). The van der Waals surface area contributed by atoms with Crippen LogP contribution in [0.1, 0.15) is 75.1 Å². The number of hydrogen-bond donors (Lipinski definition) is 1. The Hall–Kier alpha value is -5.34. The summed E-state index contributed by atoms with van der Waals surface area (Å²) < 4.78 is 18.9.